The van der Waals surface area contributed by atoms with Gasteiger partial charge in [-0.1, -0.05) is 18.2 Å². The number of ether oxygens (including phenoxy) is 2. The van der Waals surface area contributed by atoms with Crippen molar-refractivity contribution < 1.29 is 14.3 Å². The van der Waals surface area contributed by atoms with Gasteiger partial charge in [0.25, 0.3) is 5.91 Å². The van der Waals surface area contributed by atoms with E-state index in [1.54, 1.807) is 32.4 Å². The topological polar surface area (TPSA) is 64.9 Å². The highest BCUT2D eigenvalue weighted by Gasteiger charge is 2.11. The van der Waals surface area contributed by atoms with E-state index in [0.717, 1.165) is 16.9 Å². The molecule has 140 valence electrons. The molecular weight excluding hydrogens is 354 g/mol. The molecule has 0 saturated carbocycles. The molecule has 6 nitrogen and oxygen atoms in total. The molecule has 0 aliphatic heterocycles. The fraction of sp³-hybridized carbons (Fsp3) is 0.0909. The van der Waals surface area contributed by atoms with Gasteiger partial charge in [0.05, 0.1) is 19.9 Å². The summed E-state index contributed by atoms with van der Waals surface area (Å²) in [6.45, 7) is 0. The molecule has 0 fully saturated rings. The second-order valence-corrected chi connectivity index (χ2v) is 6.23. The van der Waals surface area contributed by atoms with Crippen molar-refractivity contribution >= 4 is 17.2 Å². The third kappa shape index (κ3) is 3.53. The monoisotopic (exact) mass is 373 g/mol. The van der Waals surface area contributed by atoms with Gasteiger partial charge in [0.2, 0.25) is 0 Å². The van der Waals surface area contributed by atoms with Crippen LogP contribution in [0.1, 0.15) is 10.4 Å². The van der Waals surface area contributed by atoms with Crippen LogP contribution in [0.25, 0.3) is 16.9 Å². The molecule has 0 bridgehead atoms. The summed E-state index contributed by atoms with van der Waals surface area (Å²) >= 11 is 0. The first-order valence-corrected chi connectivity index (χ1v) is 8.75. The van der Waals surface area contributed by atoms with Gasteiger partial charge in [0.15, 0.2) is 0 Å². The third-order valence-electron chi connectivity index (χ3n) is 4.42. The normalized spacial score (nSPS) is 10.6. The third-order valence-corrected chi connectivity index (χ3v) is 4.42. The van der Waals surface area contributed by atoms with Crippen LogP contribution in [0.2, 0.25) is 0 Å². The molecule has 0 radical (unpaired) electrons. The second kappa shape index (κ2) is 7.44. The number of carbonyl (C=O) groups is 1. The Morgan fingerprint density at radius 2 is 1.68 bits per heavy atom. The van der Waals surface area contributed by atoms with Gasteiger partial charge >= 0.3 is 0 Å². The van der Waals surface area contributed by atoms with Gasteiger partial charge in [-0.25, -0.2) is 4.98 Å². The van der Waals surface area contributed by atoms with Crippen molar-refractivity contribution in [1.82, 2.24) is 9.38 Å². The van der Waals surface area contributed by atoms with Crippen LogP contribution in [-0.4, -0.2) is 29.5 Å². The van der Waals surface area contributed by atoms with Crippen LogP contribution in [-0.2, 0) is 0 Å². The number of fused-ring (bicyclic) bond motifs is 1. The number of pyridine rings is 1. The number of nitrogens with one attached hydrogen (secondary N) is 1. The molecule has 0 unspecified atom stereocenters. The van der Waals surface area contributed by atoms with E-state index in [-0.39, 0.29) is 5.91 Å². The SMILES string of the molecule is COc1cc(OC)cc(C(=O)Nc2ccc(-c3cn4ccccc4n3)cc2)c1. The summed E-state index contributed by atoms with van der Waals surface area (Å²) in [5, 5.41) is 2.89. The summed E-state index contributed by atoms with van der Waals surface area (Å²) in [7, 11) is 3.10. The number of hydrogen-bond acceptors (Lipinski definition) is 4. The minimum absolute atomic E-state index is 0.238. The van der Waals surface area contributed by atoms with Gasteiger partial charge < -0.3 is 19.2 Å². The number of imidazole rings is 1. The first kappa shape index (κ1) is 17.6. The Hall–Kier alpha value is -3.80. The van der Waals surface area contributed by atoms with Crippen molar-refractivity contribution in [3.05, 3.63) is 78.6 Å². The van der Waals surface area contributed by atoms with Crippen LogP contribution in [0.3, 0.4) is 0 Å². The Balaban J connectivity index is 1.53. The molecular formula is C22H19N3O3. The first-order valence-electron chi connectivity index (χ1n) is 8.75. The second-order valence-electron chi connectivity index (χ2n) is 6.23. The quantitative estimate of drug-likeness (QED) is 0.567. The number of benzene rings is 2. The van der Waals surface area contributed by atoms with Crippen molar-refractivity contribution in [2.45, 2.75) is 0 Å². The van der Waals surface area contributed by atoms with Crippen LogP contribution >= 0.6 is 0 Å². The average molecular weight is 373 g/mol. The molecule has 0 saturated heterocycles. The predicted molar refractivity (Wildman–Crippen MR) is 108 cm³/mol. The van der Waals surface area contributed by atoms with Crippen molar-refractivity contribution in [3.63, 3.8) is 0 Å². The summed E-state index contributed by atoms with van der Waals surface area (Å²) in [5.41, 5.74) is 3.90. The lowest BCUT2D eigenvalue weighted by atomic mass is 10.1. The number of rotatable bonds is 5. The largest absolute Gasteiger partial charge is 0.497 e. The smallest absolute Gasteiger partial charge is 0.255 e. The summed E-state index contributed by atoms with van der Waals surface area (Å²) in [5.74, 6) is 0.885. The summed E-state index contributed by atoms with van der Waals surface area (Å²) in [6, 6.07) is 18.5. The Morgan fingerprint density at radius 1 is 0.964 bits per heavy atom. The predicted octanol–water partition coefficient (Wildman–Crippen LogP) is 4.27. The first-order chi connectivity index (χ1) is 13.7. The molecule has 2 aromatic carbocycles. The molecule has 4 aromatic rings. The van der Waals surface area contributed by atoms with Crippen LogP contribution in [0, 0.1) is 0 Å². The molecule has 1 amide bonds. The lowest BCUT2D eigenvalue weighted by Crippen LogP contribution is -2.12. The number of hydrogen-bond donors (Lipinski definition) is 1. The number of carbonyl (C=O) groups excluding carboxylic acids is 1. The molecule has 0 aliphatic carbocycles. The lowest BCUT2D eigenvalue weighted by molar-refractivity contribution is 0.102. The Kier molecular flexibility index (Phi) is 4.68. The van der Waals surface area contributed by atoms with E-state index in [1.165, 1.54) is 0 Å². The van der Waals surface area contributed by atoms with Crippen molar-refractivity contribution in [2.75, 3.05) is 19.5 Å². The van der Waals surface area contributed by atoms with E-state index in [0.29, 0.717) is 22.7 Å². The van der Waals surface area contributed by atoms with Crippen LogP contribution in [0.5, 0.6) is 11.5 Å². The lowest BCUT2D eigenvalue weighted by Gasteiger charge is -2.09. The minimum Gasteiger partial charge on any atom is -0.497 e. The average Bonchev–Trinajstić information content (AvgIpc) is 3.18. The number of nitrogens with zero attached hydrogens (tertiary/aromatic N) is 2. The Morgan fingerprint density at radius 3 is 2.32 bits per heavy atom. The fourth-order valence-electron chi connectivity index (χ4n) is 2.94. The van der Waals surface area contributed by atoms with E-state index >= 15 is 0 Å². The van der Waals surface area contributed by atoms with Gasteiger partial charge in [-0.15, -0.1) is 0 Å². The highest BCUT2D eigenvalue weighted by Crippen LogP contribution is 2.24. The fourth-order valence-corrected chi connectivity index (χ4v) is 2.94. The van der Waals surface area contributed by atoms with Gasteiger partial charge in [0, 0.05) is 35.3 Å². The van der Waals surface area contributed by atoms with E-state index < -0.39 is 0 Å². The van der Waals surface area contributed by atoms with E-state index in [1.807, 2.05) is 59.3 Å². The molecule has 0 aliphatic rings. The minimum atomic E-state index is -0.238. The summed E-state index contributed by atoms with van der Waals surface area (Å²) < 4.78 is 12.4. The summed E-state index contributed by atoms with van der Waals surface area (Å²) in [4.78, 5) is 17.2. The van der Waals surface area contributed by atoms with Crippen molar-refractivity contribution in [2.24, 2.45) is 0 Å². The van der Waals surface area contributed by atoms with Crippen LogP contribution in [0.4, 0.5) is 5.69 Å². The van der Waals surface area contributed by atoms with E-state index in [9.17, 15) is 4.79 Å². The van der Waals surface area contributed by atoms with Crippen LogP contribution in [0.15, 0.2) is 73.1 Å². The molecule has 0 spiro atoms. The molecule has 28 heavy (non-hydrogen) atoms. The number of aromatic nitrogens is 2. The maximum Gasteiger partial charge on any atom is 0.255 e. The van der Waals surface area contributed by atoms with Crippen molar-refractivity contribution in [3.8, 4) is 22.8 Å². The maximum atomic E-state index is 12.6. The zero-order valence-corrected chi connectivity index (χ0v) is 15.5. The van der Waals surface area contributed by atoms with Crippen LogP contribution < -0.4 is 14.8 Å². The number of anilines is 1. The van der Waals surface area contributed by atoms with Gasteiger partial charge in [-0.05, 0) is 36.4 Å². The Bertz CT molecular complexity index is 1080. The molecule has 2 aromatic heterocycles. The van der Waals surface area contributed by atoms with E-state index in [4.69, 9.17) is 9.47 Å². The highest BCUT2D eigenvalue weighted by atomic mass is 16.5. The zero-order chi connectivity index (χ0) is 19.5. The summed E-state index contributed by atoms with van der Waals surface area (Å²) in [6.07, 6.45) is 3.94. The van der Waals surface area contributed by atoms with E-state index in [2.05, 4.69) is 10.3 Å². The molecule has 6 heteroatoms. The van der Waals surface area contributed by atoms with Gasteiger partial charge in [0.1, 0.15) is 17.1 Å². The molecule has 0 atom stereocenters. The molecule has 2 heterocycles. The maximum absolute atomic E-state index is 12.6. The zero-order valence-electron chi connectivity index (χ0n) is 15.5. The highest BCUT2D eigenvalue weighted by molar-refractivity contribution is 6.04. The number of amides is 1. The standard InChI is InChI=1S/C22H19N3O3/c1-27-18-11-16(12-19(13-18)28-2)22(26)23-17-8-6-15(7-9-17)20-14-25-10-4-3-5-21(25)24-20/h3-14H,1-2H3,(H,23,26). The van der Waals surface area contributed by atoms with Gasteiger partial charge in [-0.2, -0.15) is 0 Å². The number of methoxy groups -OCH3 is 2. The molecule has 4 rings (SSSR count). The van der Waals surface area contributed by atoms with Gasteiger partial charge in [-0.3, -0.25) is 4.79 Å². The molecule has 1 N–H and O–H groups in total. The van der Waals surface area contributed by atoms with Crippen molar-refractivity contribution in [1.29, 1.82) is 0 Å². The Labute approximate surface area is 162 Å².